The first-order chi connectivity index (χ1) is 13.6. The van der Waals surface area contributed by atoms with Gasteiger partial charge in [0.05, 0.1) is 0 Å². The molecule has 1 atom stereocenters. The second-order valence-electron chi connectivity index (χ2n) is 8.65. The number of rotatable bonds is 8. The van der Waals surface area contributed by atoms with Crippen molar-refractivity contribution in [3.63, 3.8) is 0 Å². The number of hydrogen-bond acceptors (Lipinski definition) is 2. The predicted molar refractivity (Wildman–Crippen MR) is 117 cm³/mol. The van der Waals surface area contributed by atoms with Crippen molar-refractivity contribution in [1.82, 2.24) is 0 Å². The van der Waals surface area contributed by atoms with Crippen LogP contribution in [0.2, 0.25) is 0 Å². The molecule has 0 spiro atoms. The Hall–Kier alpha value is -1.96. The fourth-order valence-electron chi connectivity index (χ4n) is 4.78. The molecule has 3 rings (SSSR count). The van der Waals surface area contributed by atoms with Gasteiger partial charge in [-0.05, 0) is 84.7 Å². The molecule has 2 aromatic rings. The van der Waals surface area contributed by atoms with Crippen molar-refractivity contribution < 1.29 is 10.2 Å². The monoisotopic (exact) mass is 380 g/mol. The molecule has 0 aromatic heterocycles. The summed E-state index contributed by atoms with van der Waals surface area (Å²) < 4.78 is 0. The number of hydrogen-bond donors (Lipinski definition) is 2. The molecule has 2 nitrogen and oxygen atoms in total. The Kier molecular flexibility index (Phi) is 7.42. The summed E-state index contributed by atoms with van der Waals surface area (Å²) in [6.45, 7) is 4.52. The lowest BCUT2D eigenvalue weighted by Crippen LogP contribution is -2.12. The summed E-state index contributed by atoms with van der Waals surface area (Å²) in [5.74, 6) is 2.69. The standard InChI is InChI=1S/C26H36O2/c1-3-5-6-19(4-2)17-24-18-23(13-16-26(24)28)22-9-7-20(8-10-22)21-11-14-25(27)15-12-21/h11-16,18-20,22,27-28H,3-10,17H2,1-2H3. The number of phenols is 2. The third-order valence-corrected chi connectivity index (χ3v) is 6.72. The zero-order valence-electron chi connectivity index (χ0n) is 17.5. The van der Waals surface area contributed by atoms with Crippen LogP contribution in [-0.2, 0) is 6.42 Å². The van der Waals surface area contributed by atoms with E-state index in [2.05, 4.69) is 38.1 Å². The van der Waals surface area contributed by atoms with Crippen molar-refractivity contribution in [3.05, 3.63) is 59.2 Å². The minimum absolute atomic E-state index is 0.346. The summed E-state index contributed by atoms with van der Waals surface area (Å²) in [6.07, 6.45) is 10.7. The van der Waals surface area contributed by atoms with Gasteiger partial charge in [-0.2, -0.15) is 0 Å². The molecule has 1 aliphatic rings. The third-order valence-electron chi connectivity index (χ3n) is 6.72. The van der Waals surface area contributed by atoms with Gasteiger partial charge in [0.15, 0.2) is 0 Å². The Morgan fingerprint density at radius 2 is 1.46 bits per heavy atom. The third kappa shape index (κ3) is 5.31. The maximum atomic E-state index is 10.4. The van der Waals surface area contributed by atoms with Gasteiger partial charge in [-0.1, -0.05) is 63.8 Å². The van der Waals surface area contributed by atoms with E-state index in [1.807, 2.05) is 6.07 Å². The van der Waals surface area contributed by atoms with Crippen molar-refractivity contribution in [2.75, 3.05) is 0 Å². The van der Waals surface area contributed by atoms with E-state index in [1.54, 1.807) is 12.1 Å². The minimum Gasteiger partial charge on any atom is -0.508 e. The van der Waals surface area contributed by atoms with Gasteiger partial charge in [-0.3, -0.25) is 0 Å². The summed E-state index contributed by atoms with van der Waals surface area (Å²) >= 11 is 0. The molecule has 2 aromatic carbocycles. The number of phenolic OH excluding ortho intramolecular Hbond substituents is 2. The summed E-state index contributed by atoms with van der Waals surface area (Å²) in [5.41, 5.74) is 3.90. The molecule has 152 valence electrons. The predicted octanol–water partition coefficient (Wildman–Crippen LogP) is 7.30. The lowest BCUT2D eigenvalue weighted by molar-refractivity contribution is 0.393. The van der Waals surface area contributed by atoms with Gasteiger partial charge in [0.2, 0.25) is 0 Å². The SMILES string of the molecule is CCCCC(CC)Cc1cc(C2CCC(c3ccc(O)cc3)CC2)ccc1O. The Labute approximate surface area is 170 Å². The van der Waals surface area contributed by atoms with Crippen LogP contribution in [0.1, 0.15) is 93.7 Å². The second kappa shape index (κ2) is 10.0. The lowest BCUT2D eigenvalue weighted by Gasteiger charge is -2.29. The van der Waals surface area contributed by atoms with E-state index < -0.39 is 0 Å². The average molecular weight is 381 g/mol. The summed E-state index contributed by atoms with van der Waals surface area (Å²) in [6, 6.07) is 14.1. The van der Waals surface area contributed by atoms with Crippen molar-refractivity contribution in [2.45, 2.75) is 83.5 Å². The highest BCUT2D eigenvalue weighted by atomic mass is 16.3. The van der Waals surface area contributed by atoms with Gasteiger partial charge < -0.3 is 10.2 Å². The van der Waals surface area contributed by atoms with Crippen LogP contribution in [0.3, 0.4) is 0 Å². The quantitative estimate of drug-likeness (QED) is 0.504. The smallest absolute Gasteiger partial charge is 0.118 e. The van der Waals surface area contributed by atoms with Crippen LogP contribution in [0.4, 0.5) is 0 Å². The molecule has 0 aliphatic heterocycles. The molecule has 0 radical (unpaired) electrons. The van der Waals surface area contributed by atoms with Crippen LogP contribution in [0.15, 0.2) is 42.5 Å². The molecule has 0 amide bonds. The molecule has 28 heavy (non-hydrogen) atoms. The normalized spacial score (nSPS) is 20.8. The first-order valence-electron chi connectivity index (χ1n) is 11.2. The summed E-state index contributed by atoms with van der Waals surface area (Å²) in [5, 5.41) is 19.9. The largest absolute Gasteiger partial charge is 0.508 e. The highest BCUT2D eigenvalue weighted by Crippen LogP contribution is 2.41. The molecule has 1 saturated carbocycles. The summed E-state index contributed by atoms with van der Waals surface area (Å²) in [4.78, 5) is 0. The molecular formula is C26H36O2. The van der Waals surface area contributed by atoms with Crippen LogP contribution < -0.4 is 0 Å². The first-order valence-corrected chi connectivity index (χ1v) is 11.2. The number of benzene rings is 2. The van der Waals surface area contributed by atoms with E-state index >= 15 is 0 Å². The average Bonchev–Trinajstić information content (AvgIpc) is 2.73. The van der Waals surface area contributed by atoms with Gasteiger partial charge in [-0.15, -0.1) is 0 Å². The molecule has 0 saturated heterocycles. The van der Waals surface area contributed by atoms with Crippen molar-refractivity contribution in [3.8, 4) is 11.5 Å². The maximum absolute atomic E-state index is 10.4. The molecule has 0 bridgehead atoms. The Balaban J connectivity index is 1.63. The van der Waals surface area contributed by atoms with Gasteiger partial charge in [0.25, 0.3) is 0 Å². The van der Waals surface area contributed by atoms with E-state index in [0.29, 0.717) is 29.3 Å². The Morgan fingerprint density at radius 1 is 0.857 bits per heavy atom. The van der Waals surface area contributed by atoms with E-state index in [0.717, 1.165) is 12.0 Å². The fourth-order valence-corrected chi connectivity index (χ4v) is 4.78. The number of aromatic hydroxyl groups is 2. The van der Waals surface area contributed by atoms with Gasteiger partial charge in [0.1, 0.15) is 11.5 Å². The Bertz CT molecular complexity index is 727. The molecule has 0 heterocycles. The highest BCUT2D eigenvalue weighted by Gasteiger charge is 2.24. The molecule has 1 aliphatic carbocycles. The van der Waals surface area contributed by atoms with E-state index in [-0.39, 0.29) is 0 Å². The molecule has 1 fully saturated rings. The first kappa shape index (κ1) is 20.8. The van der Waals surface area contributed by atoms with Crippen LogP contribution in [0.25, 0.3) is 0 Å². The highest BCUT2D eigenvalue weighted by molar-refractivity contribution is 5.38. The topological polar surface area (TPSA) is 40.5 Å². The van der Waals surface area contributed by atoms with Crippen molar-refractivity contribution in [1.29, 1.82) is 0 Å². The zero-order valence-corrected chi connectivity index (χ0v) is 17.5. The van der Waals surface area contributed by atoms with Gasteiger partial charge in [-0.25, -0.2) is 0 Å². The van der Waals surface area contributed by atoms with Crippen molar-refractivity contribution in [2.24, 2.45) is 5.92 Å². The molecular weight excluding hydrogens is 344 g/mol. The van der Waals surface area contributed by atoms with Crippen LogP contribution in [-0.4, -0.2) is 10.2 Å². The zero-order chi connectivity index (χ0) is 19.9. The Morgan fingerprint density at radius 3 is 2.07 bits per heavy atom. The van der Waals surface area contributed by atoms with Crippen LogP contribution in [0, 0.1) is 5.92 Å². The second-order valence-corrected chi connectivity index (χ2v) is 8.65. The van der Waals surface area contributed by atoms with E-state index in [1.165, 1.54) is 62.5 Å². The van der Waals surface area contributed by atoms with Crippen molar-refractivity contribution >= 4 is 0 Å². The molecule has 2 heteroatoms. The van der Waals surface area contributed by atoms with Gasteiger partial charge in [0, 0.05) is 0 Å². The van der Waals surface area contributed by atoms with E-state index in [9.17, 15) is 10.2 Å². The summed E-state index contributed by atoms with van der Waals surface area (Å²) in [7, 11) is 0. The minimum atomic E-state index is 0.346. The molecule has 2 N–H and O–H groups in total. The lowest BCUT2D eigenvalue weighted by atomic mass is 9.75. The van der Waals surface area contributed by atoms with Gasteiger partial charge >= 0.3 is 0 Å². The number of unbranched alkanes of at least 4 members (excludes halogenated alkanes) is 1. The van der Waals surface area contributed by atoms with Crippen LogP contribution in [0.5, 0.6) is 11.5 Å². The maximum Gasteiger partial charge on any atom is 0.118 e. The fraction of sp³-hybridized carbons (Fsp3) is 0.538. The molecule has 1 unspecified atom stereocenters. The van der Waals surface area contributed by atoms with E-state index in [4.69, 9.17) is 0 Å². The van der Waals surface area contributed by atoms with Crippen LogP contribution >= 0.6 is 0 Å².